The van der Waals surface area contributed by atoms with E-state index in [2.05, 4.69) is 5.32 Å². The zero-order valence-corrected chi connectivity index (χ0v) is 31.5. The van der Waals surface area contributed by atoms with Crippen molar-refractivity contribution in [2.45, 2.75) is 61.3 Å². The molecular formula is C40H41N3O7S2. The van der Waals surface area contributed by atoms with Crippen LogP contribution in [0.25, 0.3) is 49.2 Å². The van der Waals surface area contributed by atoms with Gasteiger partial charge < -0.3 is 34.8 Å². The van der Waals surface area contributed by atoms with Crippen LogP contribution in [0.5, 0.6) is 28.7 Å². The quantitative estimate of drug-likeness (QED) is 0.0812. The maximum Gasteiger partial charge on any atom is 0.168 e. The number of aliphatic hydroxyl groups excluding tert-OH is 1. The molecule has 9 rings (SSSR count). The van der Waals surface area contributed by atoms with Gasteiger partial charge >= 0.3 is 0 Å². The van der Waals surface area contributed by atoms with Gasteiger partial charge in [-0.15, -0.1) is 23.5 Å². The van der Waals surface area contributed by atoms with Crippen LogP contribution in [0, 0.1) is 5.92 Å². The van der Waals surface area contributed by atoms with E-state index in [1.54, 1.807) is 44.7 Å². The van der Waals surface area contributed by atoms with E-state index >= 15 is 0 Å². The van der Waals surface area contributed by atoms with Crippen molar-refractivity contribution < 1.29 is 34.3 Å². The van der Waals surface area contributed by atoms with Gasteiger partial charge in [0.15, 0.2) is 11.5 Å². The van der Waals surface area contributed by atoms with Crippen molar-refractivity contribution in [3.05, 3.63) is 27.4 Å². The Bertz CT molecular complexity index is 2540. The second kappa shape index (κ2) is 12.5. The van der Waals surface area contributed by atoms with Crippen LogP contribution in [0.2, 0.25) is 0 Å². The molecular weight excluding hydrogens is 699 g/mol. The Kier molecular flexibility index (Phi) is 8.09. The van der Waals surface area contributed by atoms with Crippen LogP contribution in [-0.4, -0.2) is 79.7 Å². The lowest BCUT2D eigenvalue weighted by Gasteiger charge is -2.31. The summed E-state index contributed by atoms with van der Waals surface area (Å²) in [7, 11) is 4.85. The van der Waals surface area contributed by atoms with Crippen molar-refractivity contribution >= 4 is 84.2 Å². The smallest absolute Gasteiger partial charge is 0.168 e. The molecule has 1 atom stereocenters. The summed E-state index contributed by atoms with van der Waals surface area (Å²) in [5.74, 6) is 2.44. The Labute approximate surface area is 308 Å². The van der Waals surface area contributed by atoms with Gasteiger partial charge in [-0.05, 0) is 50.8 Å². The Morgan fingerprint density at radius 1 is 0.788 bits per heavy atom. The number of thioether (sulfide) groups is 2. The summed E-state index contributed by atoms with van der Waals surface area (Å²) >= 11 is 3.29. The molecule has 1 unspecified atom stereocenters. The van der Waals surface area contributed by atoms with Gasteiger partial charge in [0.2, 0.25) is 0 Å². The van der Waals surface area contributed by atoms with E-state index < -0.39 is 5.92 Å². The van der Waals surface area contributed by atoms with E-state index in [0.29, 0.717) is 57.3 Å². The van der Waals surface area contributed by atoms with Crippen molar-refractivity contribution in [2.24, 2.45) is 15.9 Å². The van der Waals surface area contributed by atoms with E-state index in [1.165, 1.54) is 7.11 Å². The molecule has 0 bridgehead atoms. The third kappa shape index (κ3) is 4.46. The monoisotopic (exact) mass is 739 g/mol. The molecule has 5 aromatic carbocycles. The van der Waals surface area contributed by atoms with Gasteiger partial charge in [-0.3, -0.25) is 14.8 Å². The number of nitrogens with one attached hydrogen (secondary N) is 1. The van der Waals surface area contributed by atoms with Gasteiger partial charge in [0.05, 0.1) is 64.2 Å². The molecule has 0 radical (unpaired) electrons. The molecule has 0 saturated heterocycles. The van der Waals surface area contributed by atoms with Crippen molar-refractivity contribution in [1.82, 2.24) is 0 Å². The lowest BCUT2D eigenvalue weighted by atomic mass is 9.80. The van der Waals surface area contributed by atoms with Gasteiger partial charge in [0.25, 0.3) is 0 Å². The van der Waals surface area contributed by atoms with Gasteiger partial charge in [-0.2, -0.15) is 0 Å². The van der Waals surface area contributed by atoms with Crippen molar-refractivity contribution in [3.8, 4) is 28.7 Å². The molecule has 4 N–H and O–H groups in total. The maximum atomic E-state index is 13.9. The summed E-state index contributed by atoms with van der Waals surface area (Å²) in [6.45, 7) is 4.83. The molecule has 52 heavy (non-hydrogen) atoms. The van der Waals surface area contributed by atoms with Crippen LogP contribution in [0.4, 0.5) is 5.69 Å². The molecule has 10 nitrogen and oxygen atoms in total. The summed E-state index contributed by atoms with van der Waals surface area (Å²) in [6, 6.07) is 0.0580. The molecule has 0 spiro atoms. The number of carbonyl (C=O) groups excluding carboxylic acids is 1. The number of hydrogen-bond acceptors (Lipinski definition) is 12. The van der Waals surface area contributed by atoms with Gasteiger partial charge in [0.1, 0.15) is 23.0 Å². The summed E-state index contributed by atoms with van der Waals surface area (Å²) in [6.07, 6.45) is 5.47. The number of rotatable bonds is 7. The number of Topliss-reactive ketones (excluding diaryl/α,β-unsaturated/α-hetero) is 1. The fraction of sp³-hybridized carbons (Fsp3) is 0.425. The molecule has 0 aromatic heterocycles. The number of carbonyl (C=O) groups is 1. The Hall–Kier alpha value is -4.13. The lowest BCUT2D eigenvalue weighted by molar-refractivity contribution is -0.117. The first kappa shape index (κ1) is 33.7. The third-order valence-electron chi connectivity index (χ3n) is 11.6. The average molecular weight is 740 g/mol. The SMILES string of the molecule is COc1c(O)c2c3c(c(OC)c4c5c(OC)c6c(c7c(O)c(NC8CCC(CO)CC8)c8c(c(c1C(C(C)=O)C(C)=C8)c24)c75)=NCCS6)SCCN=3. The molecule has 5 aromatic rings. The minimum Gasteiger partial charge on any atom is -0.505 e. The minimum atomic E-state index is -0.750. The highest BCUT2D eigenvalue weighted by atomic mass is 32.2. The first-order valence-corrected chi connectivity index (χ1v) is 19.9. The first-order chi connectivity index (χ1) is 25.2. The van der Waals surface area contributed by atoms with E-state index in [4.69, 9.17) is 24.2 Å². The fourth-order valence-electron chi connectivity index (χ4n) is 9.44. The summed E-state index contributed by atoms with van der Waals surface area (Å²) in [5, 5.41) is 45.8. The number of aliphatic hydroxyl groups is 1. The fourth-order valence-corrected chi connectivity index (χ4v) is 11.5. The number of ether oxygens (including phenoxy) is 3. The molecule has 270 valence electrons. The van der Waals surface area contributed by atoms with Crippen LogP contribution in [-0.2, 0) is 4.79 Å². The highest BCUT2D eigenvalue weighted by molar-refractivity contribution is 7.99. The summed E-state index contributed by atoms with van der Waals surface area (Å²) in [4.78, 5) is 25.6. The van der Waals surface area contributed by atoms with Crippen LogP contribution >= 0.6 is 23.5 Å². The van der Waals surface area contributed by atoms with Crippen LogP contribution in [0.1, 0.15) is 56.6 Å². The van der Waals surface area contributed by atoms with Crippen LogP contribution < -0.4 is 30.2 Å². The average Bonchev–Trinajstić information content (AvgIpc) is 3.29. The van der Waals surface area contributed by atoms with Crippen LogP contribution in [0.3, 0.4) is 0 Å². The zero-order chi connectivity index (χ0) is 36.2. The summed E-state index contributed by atoms with van der Waals surface area (Å²) < 4.78 is 18.8. The Morgan fingerprint density at radius 3 is 1.88 bits per heavy atom. The number of benzene rings is 5. The van der Waals surface area contributed by atoms with Gasteiger partial charge in [-0.25, -0.2) is 0 Å². The number of phenolic OH excluding ortho intramolecular Hbond substituents is 2. The topological polar surface area (TPSA) is 142 Å². The molecule has 2 aliphatic carbocycles. The number of anilines is 1. The maximum absolute atomic E-state index is 13.9. The van der Waals surface area contributed by atoms with E-state index in [0.717, 1.165) is 90.4 Å². The van der Waals surface area contributed by atoms with E-state index in [1.807, 2.05) is 13.0 Å². The minimum absolute atomic E-state index is 0.0580. The molecule has 2 heterocycles. The highest BCUT2D eigenvalue weighted by Gasteiger charge is 2.39. The Morgan fingerprint density at radius 2 is 1.35 bits per heavy atom. The van der Waals surface area contributed by atoms with Crippen molar-refractivity contribution in [2.75, 3.05) is 57.8 Å². The van der Waals surface area contributed by atoms with Crippen LogP contribution in [0.15, 0.2) is 25.3 Å². The van der Waals surface area contributed by atoms with Crippen molar-refractivity contribution in [3.63, 3.8) is 0 Å². The number of phenols is 2. The molecule has 1 fully saturated rings. The predicted molar refractivity (Wildman–Crippen MR) is 208 cm³/mol. The molecule has 2 aliphatic heterocycles. The number of aromatic hydroxyl groups is 2. The molecule has 0 amide bonds. The normalized spacial score (nSPS) is 21.0. The zero-order valence-electron chi connectivity index (χ0n) is 29.9. The van der Waals surface area contributed by atoms with Crippen molar-refractivity contribution in [1.29, 1.82) is 0 Å². The summed E-state index contributed by atoms with van der Waals surface area (Å²) in [5.41, 5.74) is 2.68. The number of allylic oxidation sites excluding steroid dienone is 1. The number of fused-ring (bicyclic) bond motifs is 5. The number of methoxy groups -OCH3 is 3. The van der Waals surface area contributed by atoms with Gasteiger partial charge in [-0.1, -0.05) is 11.6 Å². The van der Waals surface area contributed by atoms with E-state index in [-0.39, 0.29) is 41.6 Å². The molecule has 12 heteroatoms. The predicted octanol–water partition coefficient (Wildman–Crippen LogP) is 6.68. The molecule has 1 saturated carbocycles. The van der Waals surface area contributed by atoms with Gasteiger partial charge in [0, 0.05) is 75.3 Å². The standard InChI is InChI=1S/C40H41N3O7S2/c1-16-14-20-22-23-25-28(38(50-5)40-33(42-11-13-52-40)30(25)35(47)36(48-3)26(23)21(16)17(2)45)27-24(22)29(32-39(37(27)49-4)51-12-10-41-32)34(46)31(20)43-19-8-6-18(15-44)7-9-19/h14,18-19,21,43-44,46-47H,6-13,15H2,1-5H3. The second-order valence-electron chi connectivity index (χ2n) is 14.3. The number of nitrogens with zero attached hydrogens (tertiary/aromatic N) is 2. The number of hydrogen-bond donors (Lipinski definition) is 4. The second-order valence-corrected chi connectivity index (χ2v) is 16.5. The highest BCUT2D eigenvalue weighted by Crippen LogP contribution is 2.60. The van der Waals surface area contributed by atoms with E-state index in [9.17, 15) is 20.1 Å². The third-order valence-corrected chi connectivity index (χ3v) is 13.7. The largest absolute Gasteiger partial charge is 0.505 e. The Balaban J connectivity index is 1.62. The lowest BCUT2D eigenvalue weighted by Crippen LogP contribution is -2.28. The first-order valence-electron chi connectivity index (χ1n) is 17.9. The number of ketones is 1. The molecule has 4 aliphatic rings.